The zero-order chi connectivity index (χ0) is 24.9. The van der Waals surface area contributed by atoms with E-state index in [-0.39, 0.29) is 17.0 Å². The minimum atomic E-state index is -4.71. The first-order valence-electron chi connectivity index (χ1n) is 9.58. The molecular formula is C22H17BrF3N3O4S. The molecule has 7 nitrogen and oxygen atoms in total. The summed E-state index contributed by atoms with van der Waals surface area (Å²) in [7, 11) is 1.52. The fourth-order valence-electron chi connectivity index (χ4n) is 2.95. The first-order chi connectivity index (χ1) is 16.1. The molecule has 0 radical (unpaired) electrons. The molecule has 0 fully saturated rings. The second-order valence-electron chi connectivity index (χ2n) is 6.83. The predicted octanol–water partition coefficient (Wildman–Crippen LogP) is 6.43. The Morgan fingerprint density at radius 1 is 1.15 bits per heavy atom. The number of methoxy groups -OCH3 is 1. The van der Waals surface area contributed by atoms with Crippen LogP contribution in [0.25, 0.3) is 0 Å². The summed E-state index contributed by atoms with van der Waals surface area (Å²) in [5, 5.41) is 14.1. The van der Waals surface area contributed by atoms with Gasteiger partial charge in [-0.1, -0.05) is 34.1 Å². The number of nitro groups is 1. The first kappa shape index (κ1) is 25.4. The van der Waals surface area contributed by atoms with Gasteiger partial charge in [-0.25, -0.2) is 0 Å². The number of alkyl halides is 3. The molecule has 3 rings (SSSR count). The van der Waals surface area contributed by atoms with Crippen LogP contribution < -0.4 is 14.8 Å². The lowest BCUT2D eigenvalue weighted by Gasteiger charge is -2.14. The van der Waals surface area contributed by atoms with Crippen LogP contribution in [0.3, 0.4) is 0 Å². The standard InChI is InChI=1S/C22H17BrF3N3O4S/c1-33-19-5-3-2-4-13(19)12-27-21(30)16-11-15(23)7-8-17(16)28-34-20-9-6-14(22(24,25)26)10-18(20)29(31)32/h2-11,28H,12H2,1H3,(H,27,30). The minimum Gasteiger partial charge on any atom is -0.496 e. The molecule has 3 aromatic rings. The van der Waals surface area contributed by atoms with Gasteiger partial charge in [-0.3, -0.25) is 14.9 Å². The summed E-state index contributed by atoms with van der Waals surface area (Å²) in [6, 6.07) is 14.2. The van der Waals surface area contributed by atoms with Gasteiger partial charge >= 0.3 is 6.18 Å². The number of nitro benzene ring substituents is 1. The van der Waals surface area contributed by atoms with Crippen molar-refractivity contribution >= 4 is 45.2 Å². The van der Waals surface area contributed by atoms with E-state index in [1.165, 1.54) is 7.11 Å². The van der Waals surface area contributed by atoms with Gasteiger partial charge in [0.05, 0.1) is 28.8 Å². The number of benzene rings is 3. The molecule has 0 aliphatic carbocycles. The second-order valence-corrected chi connectivity index (χ2v) is 8.59. The molecule has 0 aliphatic rings. The van der Waals surface area contributed by atoms with E-state index in [1.807, 2.05) is 6.07 Å². The molecule has 178 valence electrons. The number of ether oxygens (including phenoxy) is 1. The van der Waals surface area contributed by atoms with Crippen LogP contribution in [0, 0.1) is 10.1 Å². The molecule has 0 saturated heterocycles. The molecule has 3 aromatic carbocycles. The minimum absolute atomic E-state index is 0.0405. The van der Waals surface area contributed by atoms with Crippen molar-refractivity contribution in [2.75, 3.05) is 11.8 Å². The fourth-order valence-corrected chi connectivity index (χ4v) is 4.08. The van der Waals surface area contributed by atoms with Crippen molar-refractivity contribution in [3.05, 3.63) is 91.9 Å². The van der Waals surface area contributed by atoms with Crippen molar-refractivity contribution < 1.29 is 27.6 Å². The SMILES string of the molecule is COc1ccccc1CNC(=O)c1cc(Br)ccc1NSc1ccc(C(F)(F)F)cc1[N+](=O)[O-]. The van der Waals surface area contributed by atoms with Gasteiger partial charge in [-0.15, -0.1) is 0 Å². The van der Waals surface area contributed by atoms with E-state index >= 15 is 0 Å². The maximum Gasteiger partial charge on any atom is 0.416 e. The van der Waals surface area contributed by atoms with E-state index < -0.39 is 28.3 Å². The van der Waals surface area contributed by atoms with Crippen LogP contribution in [0.2, 0.25) is 0 Å². The summed E-state index contributed by atoms with van der Waals surface area (Å²) in [5.74, 6) is 0.179. The zero-order valence-corrected chi connectivity index (χ0v) is 19.9. The van der Waals surface area contributed by atoms with Crippen molar-refractivity contribution in [1.82, 2.24) is 5.32 Å². The Bertz CT molecular complexity index is 1220. The number of amides is 1. The normalized spacial score (nSPS) is 11.1. The highest BCUT2D eigenvalue weighted by molar-refractivity contribution is 9.10. The van der Waals surface area contributed by atoms with Gasteiger partial charge in [0.1, 0.15) is 10.6 Å². The highest BCUT2D eigenvalue weighted by Crippen LogP contribution is 2.37. The lowest BCUT2D eigenvalue weighted by atomic mass is 10.1. The monoisotopic (exact) mass is 555 g/mol. The number of nitrogens with one attached hydrogen (secondary N) is 2. The Kier molecular flexibility index (Phi) is 8.05. The van der Waals surface area contributed by atoms with E-state index in [4.69, 9.17) is 4.74 Å². The van der Waals surface area contributed by atoms with Crippen LogP contribution in [0.1, 0.15) is 21.5 Å². The molecule has 0 atom stereocenters. The average molecular weight is 556 g/mol. The summed E-state index contributed by atoms with van der Waals surface area (Å²) < 4.78 is 47.5. The molecule has 0 bridgehead atoms. The number of carbonyl (C=O) groups excluding carboxylic acids is 1. The second kappa shape index (κ2) is 10.8. The highest BCUT2D eigenvalue weighted by Gasteiger charge is 2.33. The Labute approximate surface area is 205 Å². The van der Waals surface area contributed by atoms with Crippen molar-refractivity contribution in [3.63, 3.8) is 0 Å². The molecular weight excluding hydrogens is 539 g/mol. The topological polar surface area (TPSA) is 93.5 Å². The number of anilines is 1. The van der Waals surface area contributed by atoms with Crippen LogP contribution in [-0.4, -0.2) is 17.9 Å². The third-order valence-corrected chi connectivity index (χ3v) is 5.99. The Hall–Kier alpha value is -3.25. The van der Waals surface area contributed by atoms with Gasteiger partial charge in [0.2, 0.25) is 0 Å². The van der Waals surface area contributed by atoms with Gasteiger partial charge in [0.15, 0.2) is 0 Å². The molecule has 0 unspecified atom stereocenters. The van der Waals surface area contributed by atoms with Crippen molar-refractivity contribution in [2.24, 2.45) is 0 Å². The van der Waals surface area contributed by atoms with Crippen molar-refractivity contribution in [2.45, 2.75) is 17.6 Å². The fraction of sp³-hybridized carbons (Fsp3) is 0.136. The predicted molar refractivity (Wildman–Crippen MR) is 126 cm³/mol. The molecule has 0 aromatic heterocycles. The van der Waals surface area contributed by atoms with Crippen LogP contribution in [0.15, 0.2) is 70.0 Å². The molecule has 1 amide bonds. The maximum atomic E-state index is 12.9. The van der Waals surface area contributed by atoms with Crippen LogP contribution in [0.4, 0.5) is 24.5 Å². The summed E-state index contributed by atoms with van der Waals surface area (Å²) in [4.78, 5) is 23.3. The zero-order valence-electron chi connectivity index (χ0n) is 17.5. The maximum absolute atomic E-state index is 12.9. The summed E-state index contributed by atoms with van der Waals surface area (Å²) in [6.07, 6.45) is -4.71. The number of hydrogen-bond donors (Lipinski definition) is 2. The Morgan fingerprint density at radius 3 is 2.56 bits per heavy atom. The third-order valence-electron chi connectivity index (χ3n) is 4.61. The van der Waals surface area contributed by atoms with Crippen LogP contribution in [-0.2, 0) is 12.7 Å². The summed E-state index contributed by atoms with van der Waals surface area (Å²) >= 11 is 4.04. The number of rotatable bonds is 8. The van der Waals surface area contributed by atoms with E-state index in [0.29, 0.717) is 22.0 Å². The number of halogens is 4. The molecule has 0 heterocycles. The van der Waals surface area contributed by atoms with Gasteiger partial charge in [0, 0.05) is 22.6 Å². The van der Waals surface area contributed by atoms with Crippen molar-refractivity contribution in [3.8, 4) is 5.75 Å². The molecule has 0 spiro atoms. The molecule has 0 saturated carbocycles. The number of nitrogens with zero attached hydrogens (tertiary/aromatic N) is 1. The Balaban J connectivity index is 1.80. The largest absolute Gasteiger partial charge is 0.496 e. The van der Waals surface area contributed by atoms with Crippen molar-refractivity contribution in [1.29, 1.82) is 0 Å². The lowest BCUT2D eigenvalue weighted by molar-refractivity contribution is -0.388. The molecule has 34 heavy (non-hydrogen) atoms. The smallest absolute Gasteiger partial charge is 0.416 e. The summed E-state index contributed by atoms with van der Waals surface area (Å²) in [6.45, 7) is 0.187. The van der Waals surface area contributed by atoms with E-state index in [2.05, 4.69) is 26.0 Å². The number of para-hydroxylation sites is 1. The average Bonchev–Trinajstić information content (AvgIpc) is 2.81. The van der Waals surface area contributed by atoms with E-state index in [9.17, 15) is 28.1 Å². The van der Waals surface area contributed by atoms with Gasteiger partial charge in [-0.2, -0.15) is 13.2 Å². The molecule has 12 heteroatoms. The lowest BCUT2D eigenvalue weighted by Crippen LogP contribution is -2.24. The van der Waals surface area contributed by atoms with Gasteiger partial charge in [0.25, 0.3) is 11.6 Å². The van der Waals surface area contributed by atoms with Gasteiger partial charge in [-0.05, 0) is 48.3 Å². The molecule has 2 N–H and O–H groups in total. The van der Waals surface area contributed by atoms with E-state index in [0.717, 1.165) is 29.6 Å². The number of hydrogen-bond acceptors (Lipinski definition) is 6. The third kappa shape index (κ3) is 6.20. The quantitative estimate of drug-likeness (QED) is 0.189. The van der Waals surface area contributed by atoms with Gasteiger partial charge < -0.3 is 14.8 Å². The summed E-state index contributed by atoms with van der Waals surface area (Å²) in [5.41, 5.74) is -0.515. The van der Waals surface area contributed by atoms with Crippen LogP contribution >= 0.6 is 27.9 Å². The Morgan fingerprint density at radius 2 is 1.88 bits per heavy atom. The molecule has 0 aliphatic heterocycles. The highest BCUT2D eigenvalue weighted by atomic mass is 79.9. The number of carbonyl (C=O) groups is 1. The first-order valence-corrected chi connectivity index (χ1v) is 11.2. The van der Waals surface area contributed by atoms with E-state index in [1.54, 1.807) is 36.4 Å². The van der Waals surface area contributed by atoms with Crippen LogP contribution in [0.5, 0.6) is 5.75 Å².